The van der Waals surface area contributed by atoms with Crippen LogP contribution < -0.4 is 14.1 Å². The summed E-state index contributed by atoms with van der Waals surface area (Å²) in [6, 6.07) is 3.69. The number of carbonyl (C=O) groups is 1. The molecule has 154 valence electrons. The number of ether oxygens (including phenoxy) is 1. The molecule has 0 heterocycles. The van der Waals surface area contributed by atoms with E-state index < -0.39 is 10.3 Å². The highest BCUT2D eigenvalue weighted by Crippen LogP contribution is 2.60. The van der Waals surface area contributed by atoms with Crippen molar-refractivity contribution in [2.75, 3.05) is 7.11 Å². The molecule has 3 aliphatic rings. The minimum absolute atomic E-state index is 0.127. The Balaban J connectivity index is 1.72. The molecular weight excluding hydrogens is 378 g/mol. The van der Waals surface area contributed by atoms with Crippen molar-refractivity contribution in [1.82, 2.24) is 0 Å². The first-order chi connectivity index (χ1) is 13.3. The number of Topliss-reactive ketones (excluding diaryl/α,β-unsaturated/α-hetero) is 1. The van der Waals surface area contributed by atoms with Crippen LogP contribution in [0.4, 0.5) is 0 Å². The van der Waals surface area contributed by atoms with Crippen LogP contribution in [0, 0.1) is 17.3 Å². The normalized spacial score (nSPS) is 32.1. The molecule has 2 N–H and O–H groups in total. The second-order valence-electron chi connectivity index (χ2n) is 8.56. The molecule has 2 fully saturated rings. The first kappa shape index (κ1) is 19.7. The molecular formula is C21H29NO5S. The number of ketones is 1. The van der Waals surface area contributed by atoms with Crippen LogP contribution in [0.1, 0.15) is 68.9 Å². The Labute approximate surface area is 167 Å². The fraction of sp³-hybridized carbons (Fsp3) is 0.667. The van der Waals surface area contributed by atoms with Crippen molar-refractivity contribution in [1.29, 1.82) is 0 Å². The number of carbonyl (C=O) groups excluding carboxylic acids is 1. The molecule has 2 saturated carbocycles. The smallest absolute Gasteiger partial charge is 0.380 e. The number of rotatable bonds is 4. The Morgan fingerprint density at radius 3 is 2.64 bits per heavy atom. The number of hydrogen-bond donors (Lipinski definition) is 1. The SMILES string of the molecule is CC[C@]12CCC3c4cc(OC)c(OS(N)(=O)=O)cc4CCC3C1CCCC2=O. The lowest BCUT2D eigenvalue weighted by Crippen LogP contribution is -2.50. The number of fused-ring (bicyclic) bond motifs is 5. The lowest BCUT2D eigenvalue weighted by molar-refractivity contribution is -0.142. The average molecular weight is 408 g/mol. The van der Waals surface area contributed by atoms with E-state index in [1.807, 2.05) is 6.07 Å². The Kier molecular flexibility index (Phi) is 4.94. The highest BCUT2D eigenvalue weighted by molar-refractivity contribution is 7.84. The summed E-state index contributed by atoms with van der Waals surface area (Å²) in [6.07, 6.45) is 7.64. The van der Waals surface area contributed by atoms with E-state index in [9.17, 15) is 13.2 Å². The first-order valence-corrected chi connectivity index (χ1v) is 11.7. The molecule has 0 saturated heterocycles. The van der Waals surface area contributed by atoms with Gasteiger partial charge in [0.25, 0.3) is 0 Å². The van der Waals surface area contributed by atoms with Gasteiger partial charge in [-0.3, -0.25) is 4.79 Å². The predicted molar refractivity (Wildman–Crippen MR) is 106 cm³/mol. The minimum Gasteiger partial charge on any atom is -0.493 e. The lowest BCUT2D eigenvalue weighted by Gasteiger charge is -2.54. The highest BCUT2D eigenvalue weighted by Gasteiger charge is 2.54. The van der Waals surface area contributed by atoms with E-state index in [2.05, 4.69) is 6.92 Å². The second-order valence-corrected chi connectivity index (χ2v) is 9.71. The summed E-state index contributed by atoms with van der Waals surface area (Å²) in [4.78, 5) is 12.9. The van der Waals surface area contributed by atoms with Gasteiger partial charge in [0, 0.05) is 11.8 Å². The quantitative estimate of drug-likeness (QED) is 0.824. The van der Waals surface area contributed by atoms with Gasteiger partial charge in [0.15, 0.2) is 11.5 Å². The molecule has 4 rings (SSSR count). The zero-order chi connectivity index (χ0) is 20.1. The van der Waals surface area contributed by atoms with Crippen molar-refractivity contribution in [2.45, 2.75) is 64.2 Å². The number of nitrogens with two attached hydrogens (primary N) is 1. The van der Waals surface area contributed by atoms with Crippen molar-refractivity contribution in [3.63, 3.8) is 0 Å². The summed E-state index contributed by atoms with van der Waals surface area (Å²) >= 11 is 0. The van der Waals surface area contributed by atoms with E-state index >= 15 is 0 Å². The molecule has 1 aromatic rings. The Bertz CT molecular complexity index is 896. The summed E-state index contributed by atoms with van der Waals surface area (Å²) in [5.41, 5.74) is 2.20. The molecule has 0 spiro atoms. The maximum atomic E-state index is 12.9. The van der Waals surface area contributed by atoms with Crippen molar-refractivity contribution in [2.24, 2.45) is 22.4 Å². The monoisotopic (exact) mass is 407 g/mol. The van der Waals surface area contributed by atoms with Gasteiger partial charge in [0.05, 0.1) is 7.11 Å². The third-order valence-corrected chi connectivity index (χ3v) is 7.94. The maximum Gasteiger partial charge on any atom is 0.380 e. The standard InChI is InChI=1S/C21H29NO5S/c1-3-21-10-9-14-15(17(21)5-4-6-20(21)23)8-7-13-11-19(27-28(22,24)25)18(26-2)12-16(13)14/h11-12,14-15,17H,3-10H2,1-2H3,(H2,22,24,25)/t14?,15?,17?,21-/m0/s1. The molecule has 0 aromatic heterocycles. The van der Waals surface area contributed by atoms with Crippen molar-refractivity contribution >= 4 is 16.1 Å². The highest BCUT2D eigenvalue weighted by atomic mass is 32.2. The van der Waals surface area contributed by atoms with Crippen molar-refractivity contribution < 1.29 is 22.1 Å². The number of methoxy groups -OCH3 is 1. The van der Waals surface area contributed by atoms with Crippen LogP contribution >= 0.6 is 0 Å². The molecule has 4 atom stereocenters. The van der Waals surface area contributed by atoms with E-state index in [1.165, 1.54) is 12.7 Å². The zero-order valence-corrected chi connectivity index (χ0v) is 17.4. The van der Waals surface area contributed by atoms with Gasteiger partial charge in [0.2, 0.25) is 0 Å². The predicted octanol–water partition coefficient (Wildman–Crippen LogP) is 3.48. The van der Waals surface area contributed by atoms with Crippen LogP contribution in [0.3, 0.4) is 0 Å². The summed E-state index contributed by atoms with van der Waals surface area (Å²) in [6.45, 7) is 2.17. The molecule has 6 nitrogen and oxygen atoms in total. The number of aryl methyl sites for hydroxylation is 1. The van der Waals surface area contributed by atoms with Gasteiger partial charge in [-0.25, -0.2) is 0 Å². The first-order valence-electron chi connectivity index (χ1n) is 10.3. The van der Waals surface area contributed by atoms with Crippen LogP contribution in [-0.4, -0.2) is 21.3 Å². The Morgan fingerprint density at radius 2 is 1.96 bits per heavy atom. The van der Waals surface area contributed by atoms with Crippen LogP contribution in [-0.2, 0) is 21.5 Å². The molecule has 28 heavy (non-hydrogen) atoms. The van der Waals surface area contributed by atoms with Crippen LogP contribution in [0.5, 0.6) is 11.5 Å². The largest absolute Gasteiger partial charge is 0.493 e. The number of hydrogen-bond acceptors (Lipinski definition) is 5. The van der Waals surface area contributed by atoms with E-state index in [-0.39, 0.29) is 11.2 Å². The minimum atomic E-state index is -4.11. The molecule has 7 heteroatoms. The van der Waals surface area contributed by atoms with Gasteiger partial charge >= 0.3 is 10.3 Å². The third kappa shape index (κ3) is 3.12. The van der Waals surface area contributed by atoms with E-state index in [0.29, 0.717) is 29.3 Å². The lowest BCUT2D eigenvalue weighted by atomic mass is 9.49. The third-order valence-electron chi connectivity index (χ3n) is 7.53. The van der Waals surface area contributed by atoms with Crippen LogP contribution in [0.25, 0.3) is 0 Å². The average Bonchev–Trinajstić information content (AvgIpc) is 2.66. The topological polar surface area (TPSA) is 95.7 Å². The Morgan fingerprint density at radius 1 is 1.18 bits per heavy atom. The van der Waals surface area contributed by atoms with Crippen LogP contribution in [0.2, 0.25) is 0 Å². The van der Waals surface area contributed by atoms with Crippen molar-refractivity contribution in [3.05, 3.63) is 23.3 Å². The molecule has 0 aliphatic heterocycles. The Hall–Kier alpha value is -1.60. The fourth-order valence-electron chi connectivity index (χ4n) is 6.35. The summed E-state index contributed by atoms with van der Waals surface area (Å²) < 4.78 is 33.1. The molecule has 0 amide bonds. The molecule has 0 radical (unpaired) electrons. The molecule has 3 unspecified atom stereocenters. The van der Waals surface area contributed by atoms with Gasteiger partial charge in [-0.2, -0.15) is 13.6 Å². The molecule has 0 bridgehead atoms. The van der Waals surface area contributed by atoms with E-state index in [4.69, 9.17) is 14.1 Å². The van der Waals surface area contributed by atoms with Gasteiger partial charge in [0.1, 0.15) is 5.78 Å². The van der Waals surface area contributed by atoms with E-state index in [1.54, 1.807) is 6.07 Å². The zero-order valence-electron chi connectivity index (χ0n) is 16.6. The fourth-order valence-corrected chi connectivity index (χ4v) is 6.73. The van der Waals surface area contributed by atoms with Gasteiger partial charge < -0.3 is 8.92 Å². The maximum absolute atomic E-state index is 12.9. The van der Waals surface area contributed by atoms with Gasteiger partial charge in [-0.1, -0.05) is 6.92 Å². The van der Waals surface area contributed by atoms with Gasteiger partial charge in [-0.15, -0.1) is 0 Å². The summed E-state index contributed by atoms with van der Waals surface area (Å²) in [7, 11) is -2.61. The molecule has 3 aliphatic carbocycles. The van der Waals surface area contributed by atoms with Crippen molar-refractivity contribution in [3.8, 4) is 11.5 Å². The van der Waals surface area contributed by atoms with Crippen LogP contribution in [0.15, 0.2) is 12.1 Å². The second kappa shape index (κ2) is 7.02. The summed E-state index contributed by atoms with van der Waals surface area (Å²) in [5.74, 6) is 2.35. The summed E-state index contributed by atoms with van der Waals surface area (Å²) in [5, 5.41) is 5.05. The van der Waals surface area contributed by atoms with Gasteiger partial charge in [-0.05, 0) is 86.0 Å². The van der Waals surface area contributed by atoms with E-state index in [0.717, 1.165) is 56.9 Å². The molecule has 1 aromatic carbocycles. The number of benzene rings is 1.